The van der Waals surface area contributed by atoms with E-state index in [9.17, 15) is 0 Å². The third-order valence-corrected chi connectivity index (χ3v) is 4.73. The molecule has 0 saturated carbocycles. The summed E-state index contributed by atoms with van der Waals surface area (Å²) < 4.78 is 2.20. The van der Waals surface area contributed by atoms with E-state index in [2.05, 4.69) is 54.5 Å². The van der Waals surface area contributed by atoms with Gasteiger partial charge in [-0.2, -0.15) is 0 Å². The lowest BCUT2D eigenvalue weighted by molar-refractivity contribution is 0.186. The summed E-state index contributed by atoms with van der Waals surface area (Å²) in [6.45, 7) is 13.3. The monoisotopic (exact) mass is 278 g/mol. The Kier molecular flexibility index (Phi) is 5.22. The van der Waals surface area contributed by atoms with Crippen molar-refractivity contribution in [2.24, 2.45) is 13.0 Å². The Morgan fingerprint density at radius 3 is 2.35 bits per heavy atom. The van der Waals surface area contributed by atoms with E-state index in [0.717, 1.165) is 24.6 Å². The molecule has 4 heteroatoms. The van der Waals surface area contributed by atoms with Gasteiger partial charge in [0.1, 0.15) is 5.82 Å². The highest BCUT2D eigenvalue weighted by Crippen LogP contribution is 2.17. The summed E-state index contributed by atoms with van der Waals surface area (Å²) in [7, 11) is 2.10. The van der Waals surface area contributed by atoms with Gasteiger partial charge in [0.15, 0.2) is 0 Å². The van der Waals surface area contributed by atoms with Crippen molar-refractivity contribution in [3.8, 4) is 0 Å². The molecule has 20 heavy (non-hydrogen) atoms. The van der Waals surface area contributed by atoms with Crippen LogP contribution in [0.3, 0.4) is 0 Å². The fourth-order valence-corrected chi connectivity index (χ4v) is 3.14. The van der Waals surface area contributed by atoms with Crippen molar-refractivity contribution in [2.75, 3.05) is 19.6 Å². The number of hydrogen-bond donors (Lipinski definition) is 1. The molecule has 1 aliphatic rings. The van der Waals surface area contributed by atoms with Crippen molar-refractivity contribution >= 4 is 0 Å². The van der Waals surface area contributed by atoms with Crippen LogP contribution in [0, 0.1) is 19.8 Å². The van der Waals surface area contributed by atoms with Crippen LogP contribution in [0.15, 0.2) is 0 Å². The van der Waals surface area contributed by atoms with E-state index in [1.54, 1.807) is 0 Å². The van der Waals surface area contributed by atoms with Crippen LogP contribution in [0.25, 0.3) is 0 Å². The molecule has 1 N–H and O–H groups in total. The third-order valence-electron chi connectivity index (χ3n) is 4.73. The first-order valence-electron chi connectivity index (χ1n) is 7.94. The first-order valence-corrected chi connectivity index (χ1v) is 7.94. The van der Waals surface area contributed by atoms with Gasteiger partial charge in [-0.15, -0.1) is 0 Å². The average Bonchev–Trinajstić information content (AvgIpc) is 3.00. The quantitative estimate of drug-likeness (QED) is 0.866. The van der Waals surface area contributed by atoms with Crippen molar-refractivity contribution in [2.45, 2.75) is 53.1 Å². The standard InChI is InChI=1S/C16H30N4/c1-12(2)15(20-8-6-7-9-20)10-17-11-16-18-13(3)14(4)19(16)5/h12,15,17H,6-11H2,1-5H3/t15-/m0/s1. The van der Waals surface area contributed by atoms with Gasteiger partial charge in [0.05, 0.1) is 12.2 Å². The van der Waals surface area contributed by atoms with Crippen LogP contribution in [-0.2, 0) is 13.6 Å². The minimum absolute atomic E-state index is 0.653. The van der Waals surface area contributed by atoms with Crippen LogP contribution >= 0.6 is 0 Å². The SMILES string of the molecule is Cc1nc(CNC[C@@H](C(C)C)N2CCCC2)n(C)c1C. The molecule has 1 atom stereocenters. The van der Waals surface area contributed by atoms with Crippen LogP contribution in [0.1, 0.15) is 43.9 Å². The topological polar surface area (TPSA) is 33.1 Å². The van der Waals surface area contributed by atoms with Crippen molar-refractivity contribution in [1.82, 2.24) is 19.8 Å². The Morgan fingerprint density at radius 1 is 1.20 bits per heavy atom. The average molecular weight is 278 g/mol. The van der Waals surface area contributed by atoms with Gasteiger partial charge < -0.3 is 9.88 Å². The number of likely N-dealkylation sites (tertiary alicyclic amines) is 1. The van der Waals surface area contributed by atoms with Gasteiger partial charge in [-0.3, -0.25) is 4.90 Å². The molecule has 0 radical (unpaired) electrons. The van der Waals surface area contributed by atoms with E-state index in [1.807, 2.05) is 0 Å². The largest absolute Gasteiger partial charge is 0.334 e. The lowest BCUT2D eigenvalue weighted by Crippen LogP contribution is -2.44. The van der Waals surface area contributed by atoms with E-state index in [0.29, 0.717) is 12.0 Å². The normalized spacial score (nSPS) is 18.1. The summed E-state index contributed by atoms with van der Waals surface area (Å²) in [6.07, 6.45) is 2.72. The molecule has 0 aliphatic carbocycles. The molecule has 0 spiro atoms. The third kappa shape index (κ3) is 3.41. The Bertz CT molecular complexity index is 430. The molecule has 2 rings (SSSR count). The molecule has 0 aromatic carbocycles. The van der Waals surface area contributed by atoms with Crippen LogP contribution in [0.5, 0.6) is 0 Å². The highest BCUT2D eigenvalue weighted by atomic mass is 15.2. The number of aromatic nitrogens is 2. The Morgan fingerprint density at radius 2 is 1.85 bits per heavy atom. The summed E-state index contributed by atoms with van der Waals surface area (Å²) in [5.41, 5.74) is 2.41. The summed E-state index contributed by atoms with van der Waals surface area (Å²) in [5, 5.41) is 3.62. The number of nitrogens with zero attached hydrogens (tertiary/aromatic N) is 3. The molecule has 1 saturated heterocycles. The minimum Gasteiger partial charge on any atom is -0.334 e. The van der Waals surface area contributed by atoms with E-state index in [4.69, 9.17) is 0 Å². The smallest absolute Gasteiger partial charge is 0.122 e. The van der Waals surface area contributed by atoms with Gasteiger partial charge in [0, 0.05) is 25.3 Å². The van der Waals surface area contributed by atoms with E-state index in [-0.39, 0.29) is 0 Å². The number of imidazole rings is 1. The van der Waals surface area contributed by atoms with Crippen molar-refractivity contribution < 1.29 is 0 Å². The first kappa shape index (κ1) is 15.5. The van der Waals surface area contributed by atoms with Crippen molar-refractivity contribution in [1.29, 1.82) is 0 Å². The minimum atomic E-state index is 0.653. The van der Waals surface area contributed by atoms with E-state index < -0.39 is 0 Å². The zero-order chi connectivity index (χ0) is 14.7. The maximum Gasteiger partial charge on any atom is 0.122 e. The number of hydrogen-bond acceptors (Lipinski definition) is 3. The molecule has 114 valence electrons. The Balaban J connectivity index is 1.88. The molecule has 0 amide bonds. The van der Waals surface area contributed by atoms with Gasteiger partial charge in [-0.25, -0.2) is 4.98 Å². The van der Waals surface area contributed by atoms with Crippen LogP contribution in [0.2, 0.25) is 0 Å². The predicted molar refractivity (Wildman–Crippen MR) is 83.8 cm³/mol. The maximum atomic E-state index is 4.64. The highest BCUT2D eigenvalue weighted by Gasteiger charge is 2.24. The molecule has 1 aromatic rings. The fraction of sp³-hybridized carbons (Fsp3) is 0.812. The summed E-state index contributed by atoms with van der Waals surface area (Å²) in [6, 6.07) is 0.653. The zero-order valence-corrected chi connectivity index (χ0v) is 13.7. The van der Waals surface area contributed by atoms with Crippen LogP contribution < -0.4 is 5.32 Å². The van der Waals surface area contributed by atoms with Crippen molar-refractivity contribution in [3.63, 3.8) is 0 Å². The Labute approximate surface area is 123 Å². The summed E-state index contributed by atoms with van der Waals surface area (Å²) in [4.78, 5) is 7.28. The summed E-state index contributed by atoms with van der Waals surface area (Å²) in [5.74, 6) is 1.84. The Hall–Kier alpha value is -0.870. The number of aryl methyl sites for hydroxylation is 1. The van der Waals surface area contributed by atoms with Gasteiger partial charge in [0.25, 0.3) is 0 Å². The van der Waals surface area contributed by atoms with E-state index >= 15 is 0 Å². The predicted octanol–water partition coefficient (Wildman–Crippen LogP) is 2.25. The number of nitrogens with one attached hydrogen (secondary N) is 1. The first-order chi connectivity index (χ1) is 9.50. The molecular weight excluding hydrogens is 248 g/mol. The van der Waals surface area contributed by atoms with Gasteiger partial charge >= 0.3 is 0 Å². The molecule has 4 nitrogen and oxygen atoms in total. The maximum absolute atomic E-state index is 4.64. The molecule has 0 unspecified atom stereocenters. The lowest BCUT2D eigenvalue weighted by Gasteiger charge is -2.31. The molecule has 2 heterocycles. The van der Waals surface area contributed by atoms with Crippen LogP contribution in [-0.4, -0.2) is 40.1 Å². The summed E-state index contributed by atoms with van der Waals surface area (Å²) >= 11 is 0. The van der Waals surface area contributed by atoms with Crippen molar-refractivity contribution in [3.05, 3.63) is 17.2 Å². The highest BCUT2D eigenvalue weighted by molar-refractivity contribution is 5.13. The van der Waals surface area contributed by atoms with Crippen LogP contribution in [0.4, 0.5) is 0 Å². The molecular formula is C16H30N4. The van der Waals surface area contributed by atoms with Gasteiger partial charge in [0.2, 0.25) is 0 Å². The molecule has 1 aliphatic heterocycles. The molecule has 1 fully saturated rings. The lowest BCUT2D eigenvalue weighted by atomic mass is 10.0. The second-order valence-electron chi connectivity index (χ2n) is 6.44. The van der Waals surface area contributed by atoms with E-state index in [1.165, 1.54) is 31.6 Å². The zero-order valence-electron chi connectivity index (χ0n) is 13.7. The van der Waals surface area contributed by atoms with Gasteiger partial charge in [-0.05, 0) is 45.7 Å². The van der Waals surface area contributed by atoms with Gasteiger partial charge in [-0.1, -0.05) is 13.8 Å². The fourth-order valence-electron chi connectivity index (χ4n) is 3.14. The second-order valence-corrected chi connectivity index (χ2v) is 6.44. The number of rotatable bonds is 6. The molecule has 0 bridgehead atoms. The second kappa shape index (κ2) is 6.72. The molecule has 1 aromatic heterocycles.